The smallest absolute Gasteiger partial charge is 0.316 e. The summed E-state index contributed by atoms with van der Waals surface area (Å²) < 4.78 is 20.0. The van der Waals surface area contributed by atoms with Crippen LogP contribution in [-0.2, 0) is 16.1 Å². The number of aromatic nitrogens is 4. The molecule has 0 N–H and O–H groups in total. The van der Waals surface area contributed by atoms with Crippen LogP contribution < -0.4 is 0 Å². The number of thioether (sulfide) groups is 1. The third-order valence-corrected chi connectivity index (χ3v) is 4.81. The highest BCUT2D eigenvalue weighted by Crippen LogP contribution is 2.21. The molecule has 0 saturated heterocycles. The van der Waals surface area contributed by atoms with Crippen LogP contribution in [0.2, 0.25) is 0 Å². The van der Waals surface area contributed by atoms with Gasteiger partial charge in [-0.05, 0) is 42.0 Å². The first kappa shape index (κ1) is 18.1. The lowest BCUT2D eigenvalue weighted by Gasteiger charge is -2.05. The van der Waals surface area contributed by atoms with E-state index < -0.39 is 0 Å². The first-order valence-electron chi connectivity index (χ1n) is 8.50. The van der Waals surface area contributed by atoms with Crippen molar-refractivity contribution in [3.8, 4) is 11.4 Å². The zero-order valence-electron chi connectivity index (χ0n) is 14.7. The number of hydrogen-bond acceptors (Lipinski definition) is 6. The molecule has 0 aliphatic rings. The van der Waals surface area contributed by atoms with Gasteiger partial charge in [-0.1, -0.05) is 42.1 Å². The first-order chi connectivity index (χ1) is 13.7. The summed E-state index contributed by atoms with van der Waals surface area (Å²) in [5.41, 5.74) is 2.20. The minimum atomic E-state index is -0.323. The third kappa shape index (κ3) is 4.17. The van der Waals surface area contributed by atoms with Crippen LogP contribution in [0.1, 0.15) is 5.56 Å². The lowest BCUT2D eigenvalue weighted by Crippen LogP contribution is -2.07. The summed E-state index contributed by atoms with van der Waals surface area (Å²) in [5, 5.41) is 13.3. The third-order valence-electron chi connectivity index (χ3n) is 3.92. The summed E-state index contributed by atoms with van der Waals surface area (Å²) in [5.74, 6) is -0.00235. The zero-order chi connectivity index (χ0) is 19.3. The van der Waals surface area contributed by atoms with Crippen molar-refractivity contribution >= 4 is 23.4 Å². The molecule has 2 aromatic heterocycles. The van der Waals surface area contributed by atoms with Gasteiger partial charge < -0.3 is 4.74 Å². The van der Waals surface area contributed by atoms with Gasteiger partial charge in [0, 0.05) is 5.56 Å². The summed E-state index contributed by atoms with van der Waals surface area (Å²) >= 11 is 1.27. The molecular formula is C20H15FN4O2S. The van der Waals surface area contributed by atoms with Crippen molar-refractivity contribution in [1.29, 1.82) is 0 Å². The molecule has 2 aromatic carbocycles. The number of hydrogen-bond donors (Lipinski definition) is 0. The van der Waals surface area contributed by atoms with Crippen LogP contribution in [0, 0.1) is 5.82 Å². The molecule has 28 heavy (non-hydrogen) atoms. The van der Waals surface area contributed by atoms with Gasteiger partial charge in [-0.25, -0.2) is 4.39 Å². The van der Waals surface area contributed by atoms with E-state index in [1.807, 2.05) is 30.3 Å². The van der Waals surface area contributed by atoms with Gasteiger partial charge in [0.2, 0.25) is 0 Å². The standard InChI is InChI=1S/C20H15FN4O2S/c21-16-8-6-15(7-9-16)20-23-22-17-10-11-18(24-25(17)20)28-13-19(26)27-12-14-4-2-1-3-5-14/h1-11H,12-13H2. The van der Waals surface area contributed by atoms with E-state index in [2.05, 4.69) is 15.3 Å². The topological polar surface area (TPSA) is 69.4 Å². The van der Waals surface area contributed by atoms with Crippen LogP contribution in [0.25, 0.3) is 17.0 Å². The average Bonchev–Trinajstić information content (AvgIpc) is 3.15. The molecule has 4 aromatic rings. The van der Waals surface area contributed by atoms with Crippen LogP contribution in [0.5, 0.6) is 0 Å². The van der Waals surface area contributed by atoms with Crippen molar-refractivity contribution in [2.75, 3.05) is 5.75 Å². The highest BCUT2D eigenvalue weighted by Gasteiger charge is 2.12. The SMILES string of the molecule is O=C(CSc1ccc2nnc(-c3ccc(F)cc3)n2n1)OCc1ccccc1. The lowest BCUT2D eigenvalue weighted by atomic mass is 10.2. The first-order valence-corrected chi connectivity index (χ1v) is 9.48. The van der Waals surface area contributed by atoms with Crippen LogP contribution in [-0.4, -0.2) is 31.5 Å². The number of carbonyl (C=O) groups is 1. The summed E-state index contributed by atoms with van der Waals surface area (Å²) in [7, 11) is 0. The van der Waals surface area contributed by atoms with Gasteiger partial charge in [0.1, 0.15) is 17.5 Å². The second-order valence-electron chi connectivity index (χ2n) is 5.91. The monoisotopic (exact) mass is 394 g/mol. The van der Waals surface area contributed by atoms with E-state index in [4.69, 9.17) is 4.74 Å². The van der Waals surface area contributed by atoms with Gasteiger partial charge in [0.15, 0.2) is 11.5 Å². The number of carbonyl (C=O) groups excluding carboxylic acids is 1. The van der Waals surface area contributed by atoms with E-state index >= 15 is 0 Å². The van der Waals surface area contributed by atoms with E-state index in [9.17, 15) is 9.18 Å². The molecule has 0 aliphatic heterocycles. The molecule has 0 unspecified atom stereocenters. The number of esters is 1. The van der Waals surface area contributed by atoms with E-state index in [0.717, 1.165) is 5.56 Å². The number of ether oxygens (including phenoxy) is 1. The molecule has 0 fully saturated rings. The summed E-state index contributed by atoms with van der Waals surface area (Å²) in [6.07, 6.45) is 0. The highest BCUT2D eigenvalue weighted by molar-refractivity contribution is 7.99. The molecule has 140 valence electrons. The Morgan fingerprint density at radius 3 is 2.57 bits per heavy atom. The van der Waals surface area contributed by atoms with Crippen LogP contribution in [0.15, 0.2) is 71.8 Å². The van der Waals surface area contributed by atoms with Crippen molar-refractivity contribution < 1.29 is 13.9 Å². The van der Waals surface area contributed by atoms with Crippen molar-refractivity contribution in [2.45, 2.75) is 11.6 Å². The number of benzene rings is 2. The molecule has 0 amide bonds. The Kier molecular flexibility index (Phi) is 5.29. The normalized spacial score (nSPS) is 10.9. The van der Waals surface area contributed by atoms with Crippen LogP contribution in [0.4, 0.5) is 4.39 Å². The average molecular weight is 394 g/mol. The maximum Gasteiger partial charge on any atom is 0.316 e. The quantitative estimate of drug-likeness (QED) is 0.366. The number of rotatable bonds is 6. The molecule has 8 heteroatoms. The van der Waals surface area contributed by atoms with E-state index in [0.29, 0.717) is 22.1 Å². The number of nitrogens with zero attached hydrogens (tertiary/aromatic N) is 4. The molecule has 0 radical (unpaired) electrons. The summed E-state index contributed by atoms with van der Waals surface area (Å²) in [4.78, 5) is 12.0. The maximum absolute atomic E-state index is 13.1. The fourth-order valence-corrected chi connectivity index (χ4v) is 3.19. The molecule has 0 spiro atoms. The van der Waals surface area contributed by atoms with Gasteiger partial charge in [-0.3, -0.25) is 4.79 Å². The second-order valence-corrected chi connectivity index (χ2v) is 6.90. The fourth-order valence-electron chi connectivity index (χ4n) is 2.54. The van der Waals surface area contributed by atoms with Crippen molar-refractivity contribution in [1.82, 2.24) is 19.8 Å². The highest BCUT2D eigenvalue weighted by atomic mass is 32.2. The Hall–Kier alpha value is -3.26. The van der Waals surface area contributed by atoms with Gasteiger partial charge in [0.05, 0.1) is 5.75 Å². The summed E-state index contributed by atoms with van der Waals surface area (Å²) in [6, 6.07) is 19.0. The maximum atomic E-state index is 13.1. The number of fused-ring (bicyclic) bond motifs is 1. The number of halogens is 1. The largest absolute Gasteiger partial charge is 0.460 e. The van der Waals surface area contributed by atoms with Crippen molar-refractivity contribution in [2.24, 2.45) is 0 Å². The minimum absolute atomic E-state index is 0.138. The fraction of sp³-hybridized carbons (Fsp3) is 0.100. The molecule has 0 aliphatic carbocycles. The van der Waals surface area contributed by atoms with Gasteiger partial charge in [-0.15, -0.1) is 10.2 Å². The molecular weight excluding hydrogens is 379 g/mol. The Labute approximate surface area is 164 Å². The minimum Gasteiger partial charge on any atom is -0.460 e. The summed E-state index contributed by atoms with van der Waals surface area (Å²) in [6.45, 7) is 0.243. The molecule has 2 heterocycles. The Morgan fingerprint density at radius 1 is 1.00 bits per heavy atom. The van der Waals surface area contributed by atoms with Gasteiger partial charge >= 0.3 is 5.97 Å². The Morgan fingerprint density at radius 2 is 1.79 bits per heavy atom. The Bertz CT molecular complexity index is 1100. The lowest BCUT2D eigenvalue weighted by molar-refractivity contribution is -0.141. The van der Waals surface area contributed by atoms with Gasteiger partial charge in [-0.2, -0.15) is 9.61 Å². The van der Waals surface area contributed by atoms with Crippen molar-refractivity contribution in [3.63, 3.8) is 0 Å². The predicted octanol–water partition coefficient (Wildman–Crippen LogP) is 3.77. The van der Waals surface area contributed by atoms with E-state index in [1.54, 1.807) is 28.8 Å². The zero-order valence-corrected chi connectivity index (χ0v) is 15.5. The molecule has 0 atom stereocenters. The Balaban J connectivity index is 1.43. The molecule has 6 nitrogen and oxygen atoms in total. The van der Waals surface area contributed by atoms with Crippen LogP contribution in [0.3, 0.4) is 0 Å². The molecule has 0 bridgehead atoms. The van der Waals surface area contributed by atoms with Crippen molar-refractivity contribution in [3.05, 3.63) is 78.1 Å². The van der Waals surface area contributed by atoms with E-state index in [-0.39, 0.29) is 24.1 Å². The second kappa shape index (κ2) is 8.18. The predicted molar refractivity (Wildman–Crippen MR) is 103 cm³/mol. The molecule has 0 saturated carbocycles. The van der Waals surface area contributed by atoms with Crippen LogP contribution >= 0.6 is 11.8 Å². The van der Waals surface area contributed by atoms with E-state index in [1.165, 1.54) is 23.9 Å². The van der Waals surface area contributed by atoms with Gasteiger partial charge in [0.25, 0.3) is 0 Å². The molecule has 4 rings (SSSR count).